The number of aromatic amines is 1. The number of nitrogens with one attached hydrogen (secondary N) is 1. The number of carboxylic acids is 1. The van der Waals surface area contributed by atoms with Gasteiger partial charge in [-0.1, -0.05) is 45.9 Å². The number of nitrogens with zero attached hydrogens (tertiary/aromatic N) is 4. The number of aromatic nitrogens is 2. The maximum atomic E-state index is 13.8. The Morgan fingerprint density at radius 2 is 1.64 bits per heavy atom. The summed E-state index contributed by atoms with van der Waals surface area (Å²) in [6, 6.07) is 11.8. The van der Waals surface area contributed by atoms with Crippen LogP contribution in [0.4, 0.5) is 0 Å². The molecule has 0 spiro atoms. The molecule has 1 fully saturated rings. The quantitative estimate of drug-likeness (QED) is 0.373. The van der Waals surface area contributed by atoms with Crippen molar-refractivity contribution in [3.05, 3.63) is 59.9 Å². The molecule has 3 heterocycles. The van der Waals surface area contributed by atoms with Crippen molar-refractivity contribution in [3.8, 4) is 0 Å². The lowest BCUT2D eigenvalue weighted by Gasteiger charge is -2.43. The lowest BCUT2D eigenvalue weighted by atomic mass is 9.91. The fourth-order valence-corrected chi connectivity index (χ4v) is 6.52. The summed E-state index contributed by atoms with van der Waals surface area (Å²) in [4.78, 5) is 51.1. The SMILES string of the molecule is CC(C)C(C(C)C)N1CCN(C(=O)[C@@H](C)N(Sc2ncccc2C(=O)O)C(=O)c2cc3ccccc3[nH]2)CC1. The predicted molar refractivity (Wildman–Crippen MR) is 153 cm³/mol. The number of aromatic carboxylic acids is 1. The Morgan fingerprint density at radius 1 is 0.974 bits per heavy atom. The third-order valence-electron chi connectivity index (χ3n) is 7.27. The number of rotatable bonds is 9. The van der Waals surface area contributed by atoms with E-state index in [0.29, 0.717) is 36.7 Å². The van der Waals surface area contributed by atoms with E-state index in [9.17, 15) is 19.5 Å². The van der Waals surface area contributed by atoms with Crippen LogP contribution in [0, 0.1) is 11.8 Å². The molecular weight excluding hydrogens is 514 g/mol. The number of hydrogen-bond donors (Lipinski definition) is 2. The summed E-state index contributed by atoms with van der Waals surface area (Å²) in [6.07, 6.45) is 1.48. The molecule has 0 unspecified atom stereocenters. The average molecular weight is 552 g/mol. The van der Waals surface area contributed by atoms with E-state index in [2.05, 4.69) is 42.6 Å². The van der Waals surface area contributed by atoms with Gasteiger partial charge in [0.05, 0.1) is 5.56 Å². The summed E-state index contributed by atoms with van der Waals surface area (Å²) < 4.78 is 1.35. The number of benzene rings is 1. The smallest absolute Gasteiger partial charge is 0.338 e. The van der Waals surface area contributed by atoms with E-state index in [1.165, 1.54) is 22.6 Å². The first kappa shape index (κ1) is 28.6. The molecule has 0 saturated carbocycles. The van der Waals surface area contributed by atoms with Gasteiger partial charge in [0.25, 0.3) is 5.91 Å². The summed E-state index contributed by atoms with van der Waals surface area (Å²) in [5, 5.41) is 10.7. The van der Waals surface area contributed by atoms with Crippen LogP contribution in [0.25, 0.3) is 10.9 Å². The fourth-order valence-electron chi connectivity index (χ4n) is 5.54. The summed E-state index contributed by atoms with van der Waals surface area (Å²) in [5.41, 5.74) is 1.09. The van der Waals surface area contributed by atoms with Gasteiger partial charge >= 0.3 is 5.97 Å². The van der Waals surface area contributed by atoms with Crippen LogP contribution in [0.5, 0.6) is 0 Å². The van der Waals surface area contributed by atoms with Gasteiger partial charge in [0, 0.05) is 61.3 Å². The Bertz CT molecular complexity index is 1290. The Labute approximate surface area is 233 Å². The summed E-state index contributed by atoms with van der Waals surface area (Å²) in [6.45, 7) is 13.3. The third-order valence-corrected chi connectivity index (χ3v) is 8.45. The van der Waals surface area contributed by atoms with Crippen molar-refractivity contribution in [2.24, 2.45) is 11.8 Å². The van der Waals surface area contributed by atoms with Gasteiger partial charge in [0.1, 0.15) is 16.8 Å². The number of carbonyl (C=O) groups is 3. The maximum absolute atomic E-state index is 13.8. The van der Waals surface area contributed by atoms with Crippen LogP contribution in [0.3, 0.4) is 0 Å². The minimum Gasteiger partial charge on any atom is -0.478 e. The molecule has 1 saturated heterocycles. The zero-order valence-corrected chi connectivity index (χ0v) is 23.9. The number of carboxylic acid groups (broad SMARTS) is 1. The van der Waals surface area contributed by atoms with Gasteiger partial charge < -0.3 is 15.0 Å². The van der Waals surface area contributed by atoms with Crippen LogP contribution in [-0.4, -0.2) is 85.2 Å². The second-order valence-corrected chi connectivity index (χ2v) is 11.6. The zero-order chi connectivity index (χ0) is 28.3. The van der Waals surface area contributed by atoms with Gasteiger partial charge in [-0.15, -0.1) is 0 Å². The largest absolute Gasteiger partial charge is 0.478 e. The number of H-pyrrole nitrogens is 1. The summed E-state index contributed by atoms with van der Waals surface area (Å²) in [7, 11) is 0. The second kappa shape index (κ2) is 12.2. The van der Waals surface area contributed by atoms with Crippen LogP contribution >= 0.6 is 11.9 Å². The molecule has 2 amide bonds. The van der Waals surface area contributed by atoms with Gasteiger partial charge in [-0.25, -0.2) is 9.78 Å². The summed E-state index contributed by atoms with van der Waals surface area (Å²) in [5.74, 6) is -0.728. The molecule has 2 N–H and O–H groups in total. The Morgan fingerprint density at radius 3 is 2.26 bits per heavy atom. The van der Waals surface area contributed by atoms with Crippen LogP contribution in [0.15, 0.2) is 53.7 Å². The molecule has 4 rings (SSSR count). The van der Waals surface area contributed by atoms with E-state index >= 15 is 0 Å². The molecule has 1 aliphatic heterocycles. The highest BCUT2D eigenvalue weighted by molar-refractivity contribution is 7.97. The van der Waals surface area contributed by atoms with Crippen molar-refractivity contribution in [1.82, 2.24) is 24.1 Å². The number of hydrogen-bond acceptors (Lipinski definition) is 6. The number of carbonyl (C=O) groups excluding carboxylic acids is 2. The standard InChI is InChI=1S/C29H37N5O4S/c1-18(2)25(19(3)4)32-13-15-33(16-14-32)27(35)20(5)34(39-26-22(29(37)38)10-8-12-30-26)28(36)24-17-21-9-6-7-11-23(21)31-24/h6-12,17-20,25,31H,13-16H2,1-5H3,(H,37,38)/t20-/m1/s1. The van der Waals surface area contributed by atoms with Crippen molar-refractivity contribution in [1.29, 1.82) is 0 Å². The molecule has 0 radical (unpaired) electrons. The molecule has 0 bridgehead atoms. The van der Waals surface area contributed by atoms with Crippen molar-refractivity contribution >= 4 is 40.6 Å². The minimum absolute atomic E-state index is 0.0291. The number of fused-ring (bicyclic) bond motifs is 1. The molecule has 208 valence electrons. The van der Waals surface area contributed by atoms with E-state index in [-0.39, 0.29) is 16.5 Å². The predicted octanol–water partition coefficient (Wildman–Crippen LogP) is 4.62. The number of piperazine rings is 1. The van der Waals surface area contributed by atoms with Crippen molar-refractivity contribution in [3.63, 3.8) is 0 Å². The van der Waals surface area contributed by atoms with Crippen LogP contribution < -0.4 is 0 Å². The van der Waals surface area contributed by atoms with Crippen molar-refractivity contribution < 1.29 is 19.5 Å². The molecule has 1 aromatic carbocycles. The molecule has 1 aliphatic rings. The highest BCUT2D eigenvalue weighted by Crippen LogP contribution is 2.30. The van der Waals surface area contributed by atoms with Crippen LogP contribution in [0.2, 0.25) is 0 Å². The average Bonchev–Trinajstić information content (AvgIpc) is 3.35. The van der Waals surface area contributed by atoms with Gasteiger partial charge in [0.15, 0.2) is 0 Å². The lowest BCUT2D eigenvalue weighted by molar-refractivity contribution is -0.136. The summed E-state index contributed by atoms with van der Waals surface area (Å²) >= 11 is 0.884. The Hall–Kier alpha value is -3.37. The highest BCUT2D eigenvalue weighted by Gasteiger charge is 2.36. The topological polar surface area (TPSA) is 110 Å². The molecule has 1 atom stereocenters. The minimum atomic E-state index is -1.15. The highest BCUT2D eigenvalue weighted by atomic mass is 32.2. The molecule has 3 aromatic rings. The normalized spacial score (nSPS) is 15.3. The molecule has 2 aromatic heterocycles. The number of para-hydroxylation sites is 1. The maximum Gasteiger partial charge on any atom is 0.338 e. The first-order chi connectivity index (χ1) is 18.6. The Balaban J connectivity index is 1.59. The Kier molecular flexibility index (Phi) is 8.97. The van der Waals surface area contributed by atoms with E-state index in [1.54, 1.807) is 13.0 Å². The van der Waals surface area contributed by atoms with Gasteiger partial charge in [-0.05, 0) is 43.0 Å². The fraction of sp³-hybridized carbons (Fsp3) is 0.448. The van der Waals surface area contributed by atoms with Gasteiger partial charge in [0.2, 0.25) is 5.91 Å². The molecule has 39 heavy (non-hydrogen) atoms. The van der Waals surface area contributed by atoms with E-state index < -0.39 is 17.9 Å². The zero-order valence-electron chi connectivity index (χ0n) is 23.1. The van der Waals surface area contributed by atoms with Gasteiger partial charge in [-0.3, -0.25) is 18.8 Å². The monoisotopic (exact) mass is 551 g/mol. The van der Waals surface area contributed by atoms with E-state index in [4.69, 9.17) is 0 Å². The number of pyridine rings is 1. The first-order valence-electron chi connectivity index (χ1n) is 13.4. The van der Waals surface area contributed by atoms with Crippen LogP contribution in [0.1, 0.15) is 55.5 Å². The first-order valence-corrected chi connectivity index (χ1v) is 14.2. The van der Waals surface area contributed by atoms with Crippen molar-refractivity contribution in [2.45, 2.75) is 51.7 Å². The van der Waals surface area contributed by atoms with Gasteiger partial charge in [-0.2, -0.15) is 0 Å². The van der Waals surface area contributed by atoms with E-state index in [0.717, 1.165) is 35.9 Å². The molecule has 10 heteroatoms. The van der Waals surface area contributed by atoms with Crippen molar-refractivity contribution in [2.75, 3.05) is 26.2 Å². The molecule has 9 nitrogen and oxygen atoms in total. The molecule has 0 aliphatic carbocycles. The molecular formula is C29H37N5O4S. The second-order valence-electron chi connectivity index (χ2n) is 10.7. The lowest BCUT2D eigenvalue weighted by Crippen LogP contribution is -2.57. The van der Waals surface area contributed by atoms with Crippen LogP contribution in [-0.2, 0) is 4.79 Å². The third kappa shape index (κ3) is 6.28. The van der Waals surface area contributed by atoms with E-state index in [1.807, 2.05) is 29.2 Å². The number of amides is 2.